The van der Waals surface area contributed by atoms with E-state index in [0.29, 0.717) is 5.92 Å². The molecule has 108 valence electrons. The summed E-state index contributed by atoms with van der Waals surface area (Å²) < 4.78 is 11.6. The molecule has 0 aromatic heterocycles. The SMILES string of the molecule is c1cc2c(cc1C1CCOC3(CCOC3)C1)CCCN2. The van der Waals surface area contributed by atoms with Gasteiger partial charge in [0.1, 0.15) is 0 Å². The van der Waals surface area contributed by atoms with Crippen LogP contribution in [0.1, 0.15) is 42.7 Å². The zero-order valence-corrected chi connectivity index (χ0v) is 12.0. The van der Waals surface area contributed by atoms with Gasteiger partial charge in [-0.05, 0) is 48.8 Å². The molecule has 20 heavy (non-hydrogen) atoms. The van der Waals surface area contributed by atoms with Gasteiger partial charge >= 0.3 is 0 Å². The van der Waals surface area contributed by atoms with Gasteiger partial charge in [0.25, 0.3) is 0 Å². The fourth-order valence-electron chi connectivity index (χ4n) is 3.92. The van der Waals surface area contributed by atoms with Crippen LogP contribution in [0.5, 0.6) is 0 Å². The van der Waals surface area contributed by atoms with E-state index in [2.05, 4.69) is 23.5 Å². The molecule has 0 aliphatic carbocycles. The highest BCUT2D eigenvalue weighted by Gasteiger charge is 2.41. The number of hydrogen-bond acceptors (Lipinski definition) is 3. The number of nitrogens with one attached hydrogen (secondary N) is 1. The molecule has 2 unspecified atom stereocenters. The average molecular weight is 273 g/mol. The van der Waals surface area contributed by atoms with Crippen LogP contribution in [0.4, 0.5) is 5.69 Å². The first kappa shape index (κ1) is 12.7. The average Bonchev–Trinajstić information content (AvgIpc) is 2.94. The van der Waals surface area contributed by atoms with Crippen LogP contribution in [0, 0.1) is 0 Å². The number of benzene rings is 1. The lowest BCUT2D eigenvalue weighted by molar-refractivity contribution is -0.0864. The van der Waals surface area contributed by atoms with E-state index in [4.69, 9.17) is 9.47 Å². The molecule has 1 N–H and O–H groups in total. The van der Waals surface area contributed by atoms with Crippen LogP contribution in [-0.2, 0) is 15.9 Å². The van der Waals surface area contributed by atoms with E-state index in [0.717, 1.165) is 45.6 Å². The van der Waals surface area contributed by atoms with Crippen molar-refractivity contribution in [1.82, 2.24) is 0 Å². The van der Waals surface area contributed by atoms with Crippen molar-refractivity contribution in [2.45, 2.75) is 43.6 Å². The van der Waals surface area contributed by atoms with Crippen molar-refractivity contribution in [2.24, 2.45) is 0 Å². The first-order valence-electron chi connectivity index (χ1n) is 7.93. The zero-order valence-electron chi connectivity index (χ0n) is 12.0. The normalized spacial score (nSPS) is 32.9. The molecule has 0 radical (unpaired) electrons. The summed E-state index contributed by atoms with van der Waals surface area (Å²) >= 11 is 0. The van der Waals surface area contributed by atoms with Crippen LogP contribution in [0.3, 0.4) is 0 Å². The molecule has 3 nitrogen and oxygen atoms in total. The highest BCUT2D eigenvalue weighted by Crippen LogP contribution is 2.41. The molecule has 0 amide bonds. The fraction of sp³-hybridized carbons (Fsp3) is 0.647. The van der Waals surface area contributed by atoms with Gasteiger partial charge in [0.05, 0.1) is 12.2 Å². The highest BCUT2D eigenvalue weighted by atomic mass is 16.6. The van der Waals surface area contributed by atoms with Crippen LogP contribution < -0.4 is 5.32 Å². The van der Waals surface area contributed by atoms with Gasteiger partial charge < -0.3 is 14.8 Å². The number of aryl methyl sites for hydroxylation is 1. The quantitative estimate of drug-likeness (QED) is 0.853. The Bertz CT molecular complexity index is 494. The van der Waals surface area contributed by atoms with E-state index in [9.17, 15) is 0 Å². The number of rotatable bonds is 1. The predicted molar refractivity (Wildman–Crippen MR) is 79.3 cm³/mol. The second kappa shape index (κ2) is 5.05. The van der Waals surface area contributed by atoms with E-state index < -0.39 is 0 Å². The van der Waals surface area contributed by atoms with E-state index in [1.165, 1.54) is 29.7 Å². The van der Waals surface area contributed by atoms with Crippen molar-refractivity contribution in [3.05, 3.63) is 29.3 Å². The zero-order chi connectivity index (χ0) is 13.4. The fourth-order valence-corrected chi connectivity index (χ4v) is 3.92. The largest absolute Gasteiger partial charge is 0.385 e. The minimum Gasteiger partial charge on any atom is -0.385 e. The Morgan fingerprint density at radius 3 is 3.15 bits per heavy atom. The topological polar surface area (TPSA) is 30.5 Å². The Morgan fingerprint density at radius 2 is 2.25 bits per heavy atom. The number of hydrogen-bond donors (Lipinski definition) is 1. The van der Waals surface area contributed by atoms with Crippen molar-refractivity contribution < 1.29 is 9.47 Å². The van der Waals surface area contributed by atoms with Gasteiger partial charge in [0, 0.05) is 31.9 Å². The minimum absolute atomic E-state index is 0.0110. The summed E-state index contributed by atoms with van der Waals surface area (Å²) in [5.41, 5.74) is 4.35. The second-order valence-corrected chi connectivity index (χ2v) is 6.47. The predicted octanol–water partition coefficient (Wildman–Crippen LogP) is 3.10. The third-order valence-corrected chi connectivity index (χ3v) is 5.10. The van der Waals surface area contributed by atoms with Gasteiger partial charge in [-0.25, -0.2) is 0 Å². The van der Waals surface area contributed by atoms with Gasteiger partial charge in [-0.15, -0.1) is 0 Å². The smallest absolute Gasteiger partial charge is 0.0942 e. The molecule has 4 rings (SSSR count). The van der Waals surface area contributed by atoms with Gasteiger partial charge in [0.2, 0.25) is 0 Å². The Hall–Kier alpha value is -1.06. The van der Waals surface area contributed by atoms with Crippen LogP contribution >= 0.6 is 0 Å². The molecule has 0 saturated carbocycles. The molecule has 1 aromatic carbocycles. The summed E-state index contributed by atoms with van der Waals surface area (Å²) in [5, 5.41) is 3.50. The standard InChI is InChI=1S/C17H23NO2/c1-2-14-10-13(3-4-16(14)18-7-1)15-5-8-20-17(11-15)6-9-19-12-17/h3-4,10,15,18H,1-2,5-9,11-12H2. The van der Waals surface area contributed by atoms with E-state index >= 15 is 0 Å². The lowest BCUT2D eigenvalue weighted by atomic mass is 9.80. The molecule has 3 aliphatic heterocycles. The highest BCUT2D eigenvalue weighted by molar-refractivity contribution is 5.54. The maximum Gasteiger partial charge on any atom is 0.0942 e. The molecular weight excluding hydrogens is 250 g/mol. The first-order chi connectivity index (χ1) is 9.85. The van der Waals surface area contributed by atoms with Gasteiger partial charge in [-0.2, -0.15) is 0 Å². The van der Waals surface area contributed by atoms with E-state index in [-0.39, 0.29) is 5.60 Å². The number of anilines is 1. The lowest BCUT2D eigenvalue weighted by Crippen LogP contribution is -2.39. The number of ether oxygens (including phenoxy) is 2. The van der Waals surface area contributed by atoms with Crippen molar-refractivity contribution in [3.8, 4) is 0 Å². The molecule has 3 heterocycles. The summed E-state index contributed by atoms with van der Waals surface area (Å²) in [4.78, 5) is 0. The van der Waals surface area contributed by atoms with Crippen LogP contribution in [-0.4, -0.2) is 32.0 Å². The molecule has 3 heteroatoms. The molecule has 1 aromatic rings. The van der Waals surface area contributed by atoms with Crippen molar-refractivity contribution in [1.29, 1.82) is 0 Å². The number of fused-ring (bicyclic) bond motifs is 1. The Morgan fingerprint density at radius 1 is 1.25 bits per heavy atom. The molecule has 2 saturated heterocycles. The van der Waals surface area contributed by atoms with Gasteiger partial charge in [0.15, 0.2) is 0 Å². The van der Waals surface area contributed by atoms with Crippen molar-refractivity contribution in [2.75, 3.05) is 31.7 Å². The Kier molecular flexibility index (Phi) is 3.20. The summed E-state index contributed by atoms with van der Waals surface area (Å²) in [5.74, 6) is 0.637. The van der Waals surface area contributed by atoms with Gasteiger partial charge in [-0.3, -0.25) is 0 Å². The summed E-state index contributed by atoms with van der Waals surface area (Å²) in [7, 11) is 0. The molecule has 2 fully saturated rings. The summed E-state index contributed by atoms with van der Waals surface area (Å²) in [6.45, 7) is 3.64. The third kappa shape index (κ3) is 2.23. The van der Waals surface area contributed by atoms with E-state index in [1.807, 2.05) is 0 Å². The molecule has 1 spiro atoms. The van der Waals surface area contributed by atoms with Crippen molar-refractivity contribution in [3.63, 3.8) is 0 Å². The first-order valence-corrected chi connectivity index (χ1v) is 7.93. The van der Waals surface area contributed by atoms with Crippen LogP contribution in [0.2, 0.25) is 0 Å². The lowest BCUT2D eigenvalue weighted by Gasteiger charge is -2.37. The molecule has 2 atom stereocenters. The van der Waals surface area contributed by atoms with Crippen LogP contribution in [0.15, 0.2) is 18.2 Å². The van der Waals surface area contributed by atoms with Gasteiger partial charge in [-0.1, -0.05) is 12.1 Å². The maximum absolute atomic E-state index is 6.05. The summed E-state index contributed by atoms with van der Waals surface area (Å²) in [6.07, 6.45) is 5.80. The molecular formula is C17H23NO2. The molecule has 3 aliphatic rings. The van der Waals surface area contributed by atoms with E-state index in [1.54, 1.807) is 0 Å². The van der Waals surface area contributed by atoms with Crippen LogP contribution in [0.25, 0.3) is 0 Å². The van der Waals surface area contributed by atoms with Crippen molar-refractivity contribution >= 4 is 5.69 Å². The second-order valence-electron chi connectivity index (χ2n) is 6.47. The Labute approximate surface area is 120 Å². The molecule has 0 bridgehead atoms. The summed E-state index contributed by atoms with van der Waals surface area (Å²) in [6, 6.07) is 7.02. The monoisotopic (exact) mass is 273 g/mol. The third-order valence-electron chi connectivity index (χ3n) is 5.10. The maximum atomic E-state index is 6.05. The minimum atomic E-state index is 0.0110. The Balaban J connectivity index is 1.57.